The summed E-state index contributed by atoms with van der Waals surface area (Å²) in [4.78, 5) is 24.7. The number of nitrogens with one attached hydrogen (secondary N) is 1. The summed E-state index contributed by atoms with van der Waals surface area (Å²) in [5, 5.41) is 12.0. The van der Waals surface area contributed by atoms with Gasteiger partial charge in [0.25, 0.3) is 0 Å². The molecule has 0 bridgehead atoms. The van der Waals surface area contributed by atoms with Gasteiger partial charge in [0.2, 0.25) is 0 Å². The van der Waals surface area contributed by atoms with Crippen LogP contribution in [0, 0.1) is 0 Å². The number of carboxylic acids is 1. The van der Waals surface area contributed by atoms with E-state index in [9.17, 15) is 9.59 Å². The number of carbonyl (C=O) groups excluding carboxylic acids is 1. The van der Waals surface area contributed by atoms with Gasteiger partial charge in [-0.25, -0.2) is 9.59 Å². The molecule has 0 unspecified atom stereocenters. The van der Waals surface area contributed by atoms with E-state index in [0.29, 0.717) is 18.1 Å². The summed E-state index contributed by atoms with van der Waals surface area (Å²) in [5.41, 5.74) is 0.227. The predicted octanol–water partition coefficient (Wildman–Crippen LogP) is 3.30. The minimum absolute atomic E-state index is 0.0188. The molecule has 0 radical (unpaired) electrons. The highest BCUT2D eigenvalue weighted by molar-refractivity contribution is 6.31. The molecule has 0 fully saturated rings. The lowest BCUT2D eigenvalue weighted by Crippen LogP contribution is -2.35. The quantitative estimate of drug-likeness (QED) is 0.871. The first-order valence-electron chi connectivity index (χ1n) is 6.08. The summed E-state index contributed by atoms with van der Waals surface area (Å²) < 4.78 is 0. The van der Waals surface area contributed by atoms with Crippen LogP contribution in [0.15, 0.2) is 18.2 Å². The Kier molecular flexibility index (Phi) is 5.63. The summed E-state index contributed by atoms with van der Waals surface area (Å²) in [5.74, 6) is -1.11. The smallest absolute Gasteiger partial charge is 0.337 e. The highest BCUT2D eigenvalue weighted by Gasteiger charge is 2.16. The van der Waals surface area contributed by atoms with Crippen molar-refractivity contribution in [2.75, 3.05) is 18.4 Å². The van der Waals surface area contributed by atoms with Gasteiger partial charge in [0.1, 0.15) is 0 Å². The van der Waals surface area contributed by atoms with Crippen LogP contribution in [0.2, 0.25) is 5.02 Å². The van der Waals surface area contributed by atoms with E-state index in [1.165, 1.54) is 18.2 Å². The molecule has 0 saturated heterocycles. The number of carbonyl (C=O) groups is 2. The zero-order valence-electron chi connectivity index (χ0n) is 10.9. The third-order valence-corrected chi connectivity index (χ3v) is 2.85. The molecule has 1 aromatic carbocycles. The van der Waals surface area contributed by atoms with Crippen molar-refractivity contribution in [3.05, 3.63) is 28.8 Å². The number of amides is 2. The zero-order valence-corrected chi connectivity index (χ0v) is 11.7. The van der Waals surface area contributed by atoms with Gasteiger partial charge < -0.3 is 15.3 Å². The monoisotopic (exact) mass is 284 g/mol. The molecule has 0 aromatic heterocycles. The van der Waals surface area contributed by atoms with E-state index >= 15 is 0 Å². The third kappa shape index (κ3) is 4.13. The van der Waals surface area contributed by atoms with Crippen molar-refractivity contribution in [2.24, 2.45) is 0 Å². The van der Waals surface area contributed by atoms with Crippen LogP contribution in [0.3, 0.4) is 0 Å². The van der Waals surface area contributed by atoms with Crippen LogP contribution < -0.4 is 5.32 Å². The number of halogens is 1. The lowest BCUT2D eigenvalue weighted by Gasteiger charge is -2.21. The molecular formula is C13H17ClN2O3. The maximum Gasteiger partial charge on any atom is 0.337 e. The number of hydrogen-bond donors (Lipinski definition) is 2. The second-order valence-corrected chi connectivity index (χ2v) is 4.44. The van der Waals surface area contributed by atoms with Crippen molar-refractivity contribution in [1.82, 2.24) is 4.90 Å². The van der Waals surface area contributed by atoms with Crippen molar-refractivity contribution in [1.29, 1.82) is 0 Å². The Hall–Kier alpha value is -1.75. The second-order valence-electron chi connectivity index (χ2n) is 4.00. The average molecular weight is 285 g/mol. The number of rotatable bonds is 5. The molecule has 2 N–H and O–H groups in total. The largest absolute Gasteiger partial charge is 0.478 e. The number of hydrogen-bond acceptors (Lipinski definition) is 2. The average Bonchev–Trinajstić information content (AvgIpc) is 2.35. The lowest BCUT2D eigenvalue weighted by atomic mass is 10.2. The minimum atomic E-state index is -1.11. The van der Waals surface area contributed by atoms with Gasteiger partial charge in [-0.1, -0.05) is 18.5 Å². The van der Waals surface area contributed by atoms with Crippen LogP contribution in [-0.2, 0) is 0 Å². The number of aromatic carboxylic acids is 1. The van der Waals surface area contributed by atoms with E-state index in [1.54, 1.807) is 4.90 Å². The van der Waals surface area contributed by atoms with E-state index in [4.69, 9.17) is 16.7 Å². The topological polar surface area (TPSA) is 69.6 Å². The van der Waals surface area contributed by atoms with E-state index in [1.807, 2.05) is 13.8 Å². The summed E-state index contributed by atoms with van der Waals surface area (Å²) in [6.45, 7) is 5.01. The molecular weight excluding hydrogens is 268 g/mol. The molecule has 0 saturated carbocycles. The fraction of sp³-hybridized carbons (Fsp3) is 0.385. The molecule has 2 amide bonds. The third-order valence-electron chi connectivity index (χ3n) is 2.62. The Balaban J connectivity index is 2.94. The lowest BCUT2D eigenvalue weighted by molar-refractivity contribution is 0.0698. The standard InChI is InChI=1S/C13H17ClN2O3/c1-3-7-16(4-2)13(19)15-11-8-9(14)5-6-10(11)12(17)18/h5-6,8H,3-4,7H2,1-2H3,(H,15,19)(H,17,18). The predicted molar refractivity (Wildman–Crippen MR) is 75.0 cm³/mol. The zero-order chi connectivity index (χ0) is 14.4. The fourth-order valence-corrected chi connectivity index (χ4v) is 1.85. The molecule has 19 heavy (non-hydrogen) atoms. The highest BCUT2D eigenvalue weighted by Crippen LogP contribution is 2.21. The molecule has 0 spiro atoms. The van der Waals surface area contributed by atoms with Crippen LogP contribution in [0.4, 0.5) is 10.5 Å². The van der Waals surface area contributed by atoms with E-state index < -0.39 is 5.97 Å². The van der Waals surface area contributed by atoms with Crippen LogP contribution in [0.1, 0.15) is 30.6 Å². The summed E-state index contributed by atoms with van der Waals surface area (Å²) in [6.07, 6.45) is 0.836. The molecule has 0 aliphatic heterocycles. The minimum Gasteiger partial charge on any atom is -0.478 e. The van der Waals surface area contributed by atoms with Crippen molar-refractivity contribution in [3.8, 4) is 0 Å². The van der Waals surface area contributed by atoms with E-state index in [2.05, 4.69) is 5.32 Å². The Morgan fingerprint density at radius 3 is 2.58 bits per heavy atom. The van der Waals surface area contributed by atoms with Gasteiger partial charge in [0.05, 0.1) is 11.3 Å². The first kappa shape index (κ1) is 15.3. The molecule has 0 atom stereocenters. The van der Waals surface area contributed by atoms with Gasteiger partial charge in [0.15, 0.2) is 0 Å². The molecule has 5 nitrogen and oxygen atoms in total. The Morgan fingerprint density at radius 1 is 1.37 bits per heavy atom. The fourth-order valence-electron chi connectivity index (χ4n) is 1.67. The number of benzene rings is 1. The molecule has 0 aliphatic carbocycles. The molecule has 0 aliphatic rings. The summed E-state index contributed by atoms with van der Waals surface area (Å²) in [7, 11) is 0. The van der Waals surface area contributed by atoms with Gasteiger partial charge in [-0.05, 0) is 31.5 Å². The van der Waals surface area contributed by atoms with Crippen LogP contribution >= 0.6 is 11.6 Å². The Labute approximate surface area is 117 Å². The maximum atomic E-state index is 12.0. The molecule has 0 heterocycles. The van der Waals surface area contributed by atoms with Crippen molar-refractivity contribution >= 4 is 29.3 Å². The van der Waals surface area contributed by atoms with E-state index in [0.717, 1.165) is 6.42 Å². The first-order chi connectivity index (χ1) is 8.99. The van der Waals surface area contributed by atoms with Crippen molar-refractivity contribution < 1.29 is 14.7 Å². The number of carboxylic acid groups (broad SMARTS) is 1. The van der Waals surface area contributed by atoms with Gasteiger partial charge in [-0.15, -0.1) is 0 Å². The van der Waals surface area contributed by atoms with Crippen molar-refractivity contribution in [2.45, 2.75) is 20.3 Å². The normalized spacial score (nSPS) is 10.1. The summed E-state index contributed by atoms with van der Waals surface area (Å²) in [6, 6.07) is 3.96. The SMILES string of the molecule is CCCN(CC)C(=O)Nc1cc(Cl)ccc1C(=O)O. The van der Waals surface area contributed by atoms with Crippen molar-refractivity contribution in [3.63, 3.8) is 0 Å². The van der Waals surface area contributed by atoms with Crippen LogP contribution in [0.5, 0.6) is 0 Å². The highest BCUT2D eigenvalue weighted by atomic mass is 35.5. The molecule has 6 heteroatoms. The van der Waals surface area contributed by atoms with Crippen LogP contribution in [-0.4, -0.2) is 35.1 Å². The van der Waals surface area contributed by atoms with Crippen LogP contribution in [0.25, 0.3) is 0 Å². The van der Waals surface area contributed by atoms with Gasteiger partial charge in [0, 0.05) is 18.1 Å². The van der Waals surface area contributed by atoms with E-state index in [-0.39, 0.29) is 17.3 Å². The number of urea groups is 1. The Bertz CT molecular complexity index is 477. The number of anilines is 1. The number of nitrogens with zero attached hydrogens (tertiary/aromatic N) is 1. The Morgan fingerprint density at radius 2 is 2.05 bits per heavy atom. The van der Waals surface area contributed by atoms with Gasteiger partial charge in [-0.3, -0.25) is 0 Å². The second kappa shape index (κ2) is 6.99. The molecule has 1 aromatic rings. The van der Waals surface area contributed by atoms with Gasteiger partial charge >= 0.3 is 12.0 Å². The first-order valence-corrected chi connectivity index (χ1v) is 6.46. The molecule has 104 valence electrons. The van der Waals surface area contributed by atoms with Gasteiger partial charge in [-0.2, -0.15) is 0 Å². The molecule has 1 rings (SSSR count). The maximum absolute atomic E-state index is 12.0. The summed E-state index contributed by atoms with van der Waals surface area (Å²) >= 11 is 5.82.